The van der Waals surface area contributed by atoms with E-state index in [-0.39, 0.29) is 21.7 Å². The first-order chi connectivity index (χ1) is 14.9. The summed E-state index contributed by atoms with van der Waals surface area (Å²) in [7, 11) is -4.01. The molecule has 1 aliphatic heterocycles. The van der Waals surface area contributed by atoms with Crippen LogP contribution in [0, 0.1) is 12.7 Å². The van der Waals surface area contributed by atoms with Gasteiger partial charge in [0, 0.05) is 31.7 Å². The van der Waals surface area contributed by atoms with Crippen LogP contribution >= 0.6 is 0 Å². The summed E-state index contributed by atoms with van der Waals surface area (Å²) in [6, 6.07) is 12.1. The molecule has 0 saturated carbocycles. The van der Waals surface area contributed by atoms with Crippen molar-refractivity contribution in [3.63, 3.8) is 0 Å². The molecule has 1 aliphatic rings. The SMILES string of the molecule is Cc1ccccc1-c1nc(S(=O)(=O)c2ccc(F)cc2)c(NCCN2CCOCC2)o1. The lowest BCUT2D eigenvalue weighted by molar-refractivity contribution is 0.0398. The van der Waals surface area contributed by atoms with Crippen LogP contribution in [-0.2, 0) is 14.6 Å². The lowest BCUT2D eigenvalue weighted by atomic mass is 10.1. The van der Waals surface area contributed by atoms with Gasteiger partial charge in [-0.2, -0.15) is 4.98 Å². The van der Waals surface area contributed by atoms with Crippen LogP contribution in [0.4, 0.5) is 10.3 Å². The maximum atomic E-state index is 13.3. The first kappa shape index (κ1) is 21.5. The number of benzene rings is 2. The normalized spacial score (nSPS) is 15.2. The highest BCUT2D eigenvalue weighted by Crippen LogP contribution is 2.33. The minimum Gasteiger partial charge on any atom is -0.419 e. The Bertz CT molecular complexity index is 1140. The quantitative estimate of drug-likeness (QED) is 0.558. The molecule has 4 rings (SSSR count). The number of oxazole rings is 1. The van der Waals surface area contributed by atoms with Gasteiger partial charge in [-0.3, -0.25) is 4.90 Å². The Morgan fingerprint density at radius 1 is 1.10 bits per heavy atom. The lowest BCUT2D eigenvalue weighted by Crippen LogP contribution is -2.39. The molecule has 0 atom stereocenters. The van der Waals surface area contributed by atoms with Gasteiger partial charge in [0.25, 0.3) is 0 Å². The maximum absolute atomic E-state index is 13.3. The molecule has 1 N–H and O–H groups in total. The number of nitrogens with one attached hydrogen (secondary N) is 1. The second-order valence-electron chi connectivity index (χ2n) is 7.31. The van der Waals surface area contributed by atoms with Crippen LogP contribution in [0.3, 0.4) is 0 Å². The number of ether oxygens (including phenoxy) is 1. The number of hydrogen-bond donors (Lipinski definition) is 1. The number of hydrogen-bond acceptors (Lipinski definition) is 7. The zero-order valence-electron chi connectivity index (χ0n) is 17.2. The second-order valence-corrected chi connectivity index (χ2v) is 9.17. The van der Waals surface area contributed by atoms with Crippen LogP contribution in [-0.4, -0.2) is 57.7 Å². The lowest BCUT2D eigenvalue weighted by Gasteiger charge is -2.26. The van der Waals surface area contributed by atoms with E-state index in [2.05, 4.69) is 15.2 Å². The molecule has 0 spiro atoms. The van der Waals surface area contributed by atoms with Crippen LogP contribution in [0.1, 0.15) is 5.56 Å². The van der Waals surface area contributed by atoms with Gasteiger partial charge in [-0.15, -0.1) is 0 Å². The van der Waals surface area contributed by atoms with Crippen molar-refractivity contribution < 1.29 is 22.0 Å². The molecule has 0 radical (unpaired) electrons. The van der Waals surface area contributed by atoms with Gasteiger partial charge in [-0.05, 0) is 42.8 Å². The van der Waals surface area contributed by atoms with Gasteiger partial charge in [0.1, 0.15) is 5.82 Å². The summed E-state index contributed by atoms with van der Waals surface area (Å²) in [6.45, 7) is 6.11. The van der Waals surface area contributed by atoms with E-state index in [1.165, 1.54) is 12.1 Å². The largest absolute Gasteiger partial charge is 0.419 e. The van der Waals surface area contributed by atoms with E-state index in [4.69, 9.17) is 9.15 Å². The summed E-state index contributed by atoms with van der Waals surface area (Å²) in [5.74, 6) is -0.216. The molecule has 7 nitrogen and oxygen atoms in total. The van der Waals surface area contributed by atoms with Crippen molar-refractivity contribution in [1.82, 2.24) is 9.88 Å². The predicted octanol–water partition coefficient (Wildman–Crippen LogP) is 3.37. The number of nitrogens with zero attached hydrogens (tertiary/aromatic N) is 2. The molecule has 1 aromatic heterocycles. The molecule has 3 aromatic rings. The van der Waals surface area contributed by atoms with Crippen molar-refractivity contribution in [2.24, 2.45) is 0 Å². The standard InChI is InChI=1S/C22H24FN3O4S/c1-16-4-2-3-5-19(16)20-25-22(31(27,28)18-8-6-17(23)7-9-18)21(30-20)24-10-11-26-12-14-29-15-13-26/h2-9,24H,10-15H2,1H3. The fourth-order valence-electron chi connectivity index (χ4n) is 3.41. The topological polar surface area (TPSA) is 84.7 Å². The van der Waals surface area contributed by atoms with Crippen molar-refractivity contribution >= 4 is 15.7 Å². The van der Waals surface area contributed by atoms with Gasteiger partial charge in [0.2, 0.25) is 26.6 Å². The van der Waals surface area contributed by atoms with Crippen LogP contribution in [0.15, 0.2) is 62.9 Å². The Kier molecular flexibility index (Phi) is 6.35. The molecule has 1 fully saturated rings. The minimum absolute atomic E-state index is 0.0465. The van der Waals surface area contributed by atoms with E-state index in [0.29, 0.717) is 31.9 Å². The van der Waals surface area contributed by atoms with E-state index in [1.54, 1.807) is 0 Å². The number of aromatic nitrogens is 1. The molecular weight excluding hydrogens is 421 g/mol. The molecule has 2 heterocycles. The molecule has 9 heteroatoms. The van der Waals surface area contributed by atoms with Crippen molar-refractivity contribution in [1.29, 1.82) is 0 Å². The number of morpholine rings is 1. The molecule has 164 valence electrons. The van der Waals surface area contributed by atoms with Gasteiger partial charge in [-0.25, -0.2) is 12.8 Å². The highest BCUT2D eigenvalue weighted by Gasteiger charge is 2.29. The predicted molar refractivity (Wildman–Crippen MR) is 114 cm³/mol. The molecule has 0 unspecified atom stereocenters. The van der Waals surface area contributed by atoms with E-state index >= 15 is 0 Å². The molecule has 0 bridgehead atoms. The minimum atomic E-state index is -4.01. The summed E-state index contributed by atoms with van der Waals surface area (Å²) < 4.78 is 51.0. The molecule has 31 heavy (non-hydrogen) atoms. The number of sulfone groups is 1. The smallest absolute Gasteiger partial charge is 0.233 e. The van der Waals surface area contributed by atoms with E-state index in [0.717, 1.165) is 30.8 Å². The number of anilines is 1. The average molecular weight is 446 g/mol. The first-order valence-electron chi connectivity index (χ1n) is 10.1. The number of aryl methyl sites for hydroxylation is 1. The Balaban J connectivity index is 1.66. The Labute approximate surface area is 180 Å². The molecular formula is C22H24FN3O4S. The third-order valence-corrected chi connectivity index (χ3v) is 6.85. The van der Waals surface area contributed by atoms with Gasteiger partial charge in [-0.1, -0.05) is 18.2 Å². The number of rotatable bonds is 7. The van der Waals surface area contributed by atoms with Crippen LogP contribution in [0.5, 0.6) is 0 Å². The van der Waals surface area contributed by atoms with E-state index in [1.807, 2.05) is 31.2 Å². The number of halogens is 1. The molecule has 1 saturated heterocycles. The van der Waals surface area contributed by atoms with Crippen molar-refractivity contribution in [3.05, 3.63) is 59.9 Å². The van der Waals surface area contributed by atoms with Gasteiger partial charge in [0.15, 0.2) is 0 Å². The highest BCUT2D eigenvalue weighted by molar-refractivity contribution is 7.91. The zero-order valence-corrected chi connectivity index (χ0v) is 18.0. The van der Waals surface area contributed by atoms with Crippen LogP contribution in [0.2, 0.25) is 0 Å². The van der Waals surface area contributed by atoms with Crippen molar-refractivity contribution in [2.75, 3.05) is 44.7 Å². The Hall–Kier alpha value is -2.75. The average Bonchev–Trinajstić information content (AvgIpc) is 3.20. The van der Waals surface area contributed by atoms with E-state index in [9.17, 15) is 12.8 Å². The van der Waals surface area contributed by atoms with Crippen LogP contribution < -0.4 is 5.32 Å². The molecule has 0 aliphatic carbocycles. The third kappa shape index (κ3) is 4.79. The fraction of sp³-hybridized carbons (Fsp3) is 0.318. The Morgan fingerprint density at radius 2 is 1.81 bits per heavy atom. The zero-order chi connectivity index (χ0) is 21.8. The molecule has 0 amide bonds. The van der Waals surface area contributed by atoms with Crippen molar-refractivity contribution in [3.8, 4) is 11.5 Å². The first-order valence-corrected chi connectivity index (χ1v) is 11.5. The van der Waals surface area contributed by atoms with Gasteiger partial charge >= 0.3 is 0 Å². The van der Waals surface area contributed by atoms with Gasteiger partial charge < -0.3 is 14.5 Å². The van der Waals surface area contributed by atoms with E-state index < -0.39 is 15.7 Å². The molecule has 2 aromatic carbocycles. The monoisotopic (exact) mass is 445 g/mol. The summed E-state index contributed by atoms with van der Waals surface area (Å²) in [5, 5.41) is 2.88. The van der Waals surface area contributed by atoms with Gasteiger partial charge in [0.05, 0.1) is 18.1 Å². The van der Waals surface area contributed by atoms with Crippen molar-refractivity contribution in [2.45, 2.75) is 16.8 Å². The van der Waals surface area contributed by atoms with Crippen LogP contribution in [0.25, 0.3) is 11.5 Å². The fourth-order valence-corrected chi connectivity index (χ4v) is 4.68. The summed E-state index contributed by atoms with van der Waals surface area (Å²) in [6.07, 6.45) is 0. The summed E-state index contributed by atoms with van der Waals surface area (Å²) >= 11 is 0. The highest BCUT2D eigenvalue weighted by atomic mass is 32.2. The Morgan fingerprint density at radius 3 is 2.52 bits per heavy atom. The summed E-state index contributed by atoms with van der Waals surface area (Å²) in [5.41, 5.74) is 1.62. The third-order valence-electron chi connectivity index (χ3n) is 5.17. The second kappa shape index (κ2) is 9.17. The maximum Gasteiger partial charge on any atom is 0.233 e. The summed E-state index contributed by atoms with van der Waals surface area (Å²) in [4.78, 5) is 6.51.